The summed E-state index contributed by atoms with van der Waals surface area (Å²) in [5.74, 6) is 1.41. The molecule has 0 spiro atoms. The van der Waals surface area contributed by atoms with E-state index in [9.17, 15) is 0 Å². The van der Waals surface area contributed by atoms with Gasteiger partial charge in [-0.15, -0.1) is 11.3 Å². The fourth-order valence-corrected chi connectivity index (χ4v) is 4.62. The number of anilines is 1. The highest BCUT2D eigenvalue weighted by Crippen LogP contribution is 2.40. The van der Waals surface area contributed by atoms with E-state index in [4.69, 9.17) is 10.7 Å². The molecule has 3 rings (SSSR count). The largest absolute Gasteiger partial charge is 0.383 e. The zero-order chi connectivity index (χ0) is 13.6. The molecule has 0 radical (unpaired) electrons. The molecule has 19 heavy (non-hydrogen) atoms. The van der Waals surface area contributed by atoms with E-state index in [-0.39, 0.29) is 0 Å². The van der Waals surface area contributed by atoms with Crippen LogP contribution in [0.1, 0.15) is 37.6 Å². The van der Waals surface area contributed by atoms with E-state index in [2.05, 4.69) is 25.8 Å². The van der Waals surface area contributed by atoms with Crippen LogP contribution < -0.4 is 5.73 Å². The van der Waals surface area contributed by atoms with Crippen molar-refractivity contribution in [3.05, 3.63) is 10.4 Å². The van der Waals surface area contributed by atoms with Crippen molar-refractivity contribution in [2.24, 2.45) is 5.92 Å². The fraction of sp³-hybridized carbons (Fsp3) is 0.571. The first kappa shape index (κ1) is 13.2. The van der Waals surface area contributed by atoms with Crippen molar-refractivity contribution in [1.29, 1.82) is 0 Å². The molecule has 1 aliphatic rings. The zero-order valence-electron chi connectivity index (χ0n) is 11.6. The van der Waals surface area contributed by atoms with Crippen molar-refractivity contribution in [2.75, 3.05) is 5.73 Å². The molecule has 2 N–H and O–H groups in total. The highest BCUT2D eigenvalue weighted by molar-refractivity contribution is 7.99. The Kier molecular flexibility index (Phi) is 3.43. The third-order valence-corrected chi connectivity index (χ3v) is 5.55. The molecule has 2 heterocycles. The Labute approximate surface area is 122 Å². The fourth-order valence-electron chi connectivity index (χ4n) is 2.62. The third kappa shape index (κ3) is 2.46. The highest BCUT2D eigenvalue weighted by Gasteiger charge is 2.23. The lowest BCUT2D eigenvalue weighted by molar-refractivity contribution is 0.508. The van der Waals surface area contributed by atoms with Crippen LogP contribution >= 0.6 is 23.1 Å². The van der Waals surface area contributed by atoms with Crippen LogP contribution in [0.3, 0.4) is 0 Å². The Balaban J connectivity index is 2.12. The summed E-state index contributed by atoms with van der Waals surface area (Å²) < 4.78 is 0. The van der Waals surface area contributed by atoms with Gasteiger partial charge in [0.05, 0.1) is 5.39 Å². The number of nitrogens with two attached hydrogens (primary N) is 1. The van der Waals surface area contributed by atoms with Crippen LogP contribution in [0.4, 0.5) is 5.82 Å². The van der Waals surface area contributed by atoms with Gasteiger partial charge in [0.1, 0.15) is 10.6 Å². The lowest BCUT2D eigenvalue weighted by atomic mass is 9.89. The van der Waals surface area contributed by atoms with Gasteiger partial charge in [0.25, 0.3) is 0 Å². The van der Waals surface area contributed by atoms with Crippen molar-refractivity contribution in [3.63, 3.8) is 0 Å². The lowest BCUT2D eigenvalue weighted by Crippen LogP contribution is -2.09. The summed E-state index contributed by atoms with van der Waals surface area (Å²) >= 11 is 3.49. The molecule has 3 nitrogen and oxygen atoms in total. The minimum absolute atomic E-state index is 0.478. The van der Waals surface area contributed by atoms with E-state index < -0.39 is 0 Å². The van der Waals surface area contributed by atoms with Gasteiger partial charge in [-0.1, -0.05) is 32.5 Å². The van der Waals surface area contributed by atoms with Crippen molar-refractivity contribution in [2.45, 2.75) is 50.4 Å². The van der Waals surface area contributed by atoms with Gasteiger partial charge in [-0.2, -0.15) is 0 Å². The average Bonchev–Trinajstić information content (AvgIpc) is 2.65. The molecular weight excluding hydrogens is 274 g/mol. The van der Waals surface area contributed by atoms with Gasteiger partial charge < -0.3 is 5.73 Å². The van der Waals surface area contributed by atoms with Crippen molar-refractivity contribution < 1.29 is 0 Å². The van der Waals surface area contributed by atoms with Crippen LogP contribution in [-0.4, -0.2) is 15.2 Å². The van der Waals surface area contributed by atoms with Gasteiger partial charge in [0, 0.05) is 10.1 Å². The number of rotatable bonds is 2. The first-order chi connectivity index (χ1) is 9.04. The number of nitrogen functional groups attached to an aromatic ring is 1. The van der Waals surface area contributed by atoms with Gasteiger partial charge in [-0.25, -0.2) is 9.97 Å². The topological polar surface area (TPSA) is 51.8 Å². The molecule has 1 aliphatic carbocycles. The molecule has 0 bridgehead atoms. The maximum atomic E-state index is 6.19. The number of nitrogens with zero attached hydrogens (tertiary/aromatic N) is 2. The van der Waals surface area contributed by atoms with Crippen LogP contribution in [-0.2, 0) is 12.8 Å². The summed E-state index contributed by atoms with van der Waals surface area (Å²) in [5.41, 5.74) is 7.60. The van der Waals surface area contributed by atoms with Crippen molar-refractivity contribution in [1.82, 2.24) is 9.97 Å². The molecular formula is C14H19N3S2. The Morgan fingerprint density at radius 1 is 1.37 bits per heavy atom. The Hall–Kier alpha value is -0.810. The molecule has 0 amide bonds. The van der Waals surface area contributed by atoms with E-state index in [1.165, 1.54) is 23.3 Å². The molecule has 1 atom stereocenters. The predicted octanol–water partition coefficient (Wildman–Crippen LogP) is 3.90. The number of aromatic nitrogens is 2. The molecule has 2 aromatic heterocycles. The van der Waals surface area contributed by atoms with Gasteiger partial charge in [0.2, 0.25) is 0 Å². The number of thioether (sulfide) groups is 1. The summed E-state index contributed by atoms with van der Waals surface area (Å²) in [6, 6.07) is 0. The smallest absolute Gasteiger partial charge is 0.191 e. The molecule has 102 valence electrons. The highest BCUT2D eigenvalue weighted by atomic mass is 32.2. The van der Waals surface area contributed by atoms with Crippen molar-refractivity contribution in [3.8, 4) is 0 Å². The second-order valence-corrected chi connectivity index (χ2v) is 8.22. The Morgan fingerprint density at radius 2 is 2.16 bits per heavy atom. The second kappa shape index (κ2) is 4.94. The van der Waals surface area contributed by atoms with Crippen LogP contribution in [0.2, 0.25) is 0 Å². The third-order valence-electron chi connectivity index (χ3n) is 3.50. The second-order valence-electron chi connectivity index (χ2n) is 5.59. The first-order valence-corrected chi connectivity index (χ1v) is 8.48. The summed E-state index contributed by atoms with van der Waals surface area (Å²) in [7, 11) is 0. The summed E-state index contributed by atoms with van der Waals surface area (Å²) in [6.45, 7) is 6.61. The molecule has 1 unspecified atom stereocenters. The first-order valence-electron chi connectivity index (χ1n) is 6.79. The summed E-state index contributed by atoms with van der Waals surface area (Å²) in [5, 5.41) is 2.41. The number of hydrogen-bond acceptors (Lipinski definition) is 5. The van der Waals surface area contributed by atoms with Crippen LogP contribution in [0.5, 0.6) is 0 Å². The van der Waals surface area contributed by atoms with Gasteiger partial charge in [0.15, 0.2) is 5.16 Å². The monoisotopic (exact) mass is 293 g/mol. The van der Waals surface area contributed by atoms with E-state index in [1.807, 2.05) is 11.3 Å². The van der Waals surface area contributed by atoms with Gasteiger partial charge >= 0.3 is 0 Å². The van der Waals surface area contributed by atoms with E-state index in [0.717, 1.165) is 27.7 Å². The minimum atomic E-state index is 0.478. The number of fused-ring (bicyclic) bond motifs is 3. The minimum Gasteiger partial charge on any atom is -0.383 e. The van der Waals surface area contributed by atoms with E-state index in [1.54, 1.807) is 11.8 Å². The predicted molar refractivity (Wildman–Crippen MR) is 84.0 cm³/mol. The lowest BCUT2D eigenvalue weighted by Gasteiger charge is -2.18. The molecule has 2 aromatic rings. The number of aryl methyl sites for hydroxylation is 1. The molecule has 5 heteroatoms. The molecule has 0 aromatic carbocycles. The van der Waals surface area contributed by atoms with Gasteiger partial charge in [-0.3, -0.25) is 0 Å². The average molecular weight is 293 g/mol. The maximum absolute atomic E-state index is 6.19. The SMILES string of the molecule is CC1CCc2sc3nc(SC(C)C)nc(N)c3c2C1. The Morgan fingerprint density at radius 3 is 2.89 bits per heavy atom. The number of thiophene rings is 1. The summed E-state index contributed by atoms with van der Waals surface area (Å²) in [6.07, 6.45) is 3.57. The van der Waals surface area contributed by atoms with Gasteiger partial charge in [-0.05, 0) is 30.7 Å². The molecule has 0 saturated heterocycles. The molecule has 0 aliphatic heterocycles. The van der Waals surface area contributed by atoms with Crippen LogP contribution in [0.25, 0.3) is 10.2 Å². The van der Waals surface area contributed by atoms with Crippen molar-refractivity contribution >= 4 is 39.1 Å². The number of hydrogen-bond donors (Lipinski definition) is 1. The Bertz CT molecular complexity index is 619. The molecule has 0 fully saturated rings. The summed E-state index contributed by atoms with van der Waals surface area (Å²) in [4.78, 5) is 11.7. The molecule has 0 saturated carbocycles. The van der Waals surface area contributed by atoms with E-state index >= 15 is 0 Å². The normalized spacial score (nSPS) is 19.1. The van der Waals surface area contributed by atoms with Crippen LogP contribution in [0.15, 0.2) is 5.16 Å². The standard InChI is InChI=1S/C14H19N3S2/c1-7(2)18-14-16-12(15)11-9-6-8(3)4-5-10(9)19-13(11)17-14/h7-8H,4-6H2,1-3H3,(H2,15,16,17). The van der Waals surface area contributed by atoms with Crippen LogP contribution in [0, 0.1) is 5.92 Å². The maximum Gasteiger partial charge on any atom is 0.191 e. The van der Waals surface area contributed by atoms with E-state index in [0.29, 0.717) is 11.1 Å². The zero-order valence-corrected chi connectivity index (χ0v) is 13.2. The quantitative estimate of drug-likeness (QED) is 0.674.